The third kappa shape index (κ3) is 7.65. The van der Waals surface area contributed by atoms with Crippen LogP contribution in [0.2, 0.25) is 0 Å². The molecule has 2 rings (SSSR count). The van der Waals surface area contributed by atoms with Crippen LogP contribution < -0.4 is 29.6 Å². The van der Waals surface area contributed by atoms with Crippen LogP contribution in [0.1, 0.15) is 23.6 Å². The second-order valence-electron chi connectivity index (χ2n) is 7.00. The molecule has 7 nitrogen and oxygen atoms in total. The lowest BCUT2D eigenvalue weighted by molar-refractivity contribution is 0.322. The molecule has 0 aliphatic heterocycles. The summed E-state index contributed by atoms with van der Waals surface area (Å²) < 4.78 is 21.9. The van der Waals surface area contributed by atoms with Gasteiger partial charge in [-0.25, -0.2) is 0 Å². The number of guanidine groups is 1. The van der Waals surface area contributed by atoms with Crippen LogP contribution >= 0.6 is 24.0 Å². The van der Waals surface area contributed by atoms with Gasteiger partial charge in [0, 0.05) is 25.2 Å². The Morgan fingerprint density at radius 2 is 1.50 bits per heavy atom. The molecule has 0 bridgehead atoms. The lowest BCUT2D eigenvalue weighted by Gasteiger charge is -2.16. The van der Waals surface area contributed by atoms with E-state index in [4.69, 9.17) is 23.9 Å². The van der Waals surface area contributed by atoms with Crippen molar-refractivity contribution in [2.24, 2.45) is 4.99 Å². The summed E-state index contributed by atoms with van der Waals surface area (Å²) >= 11 is 0. The van der Waals surface area contributed by atoms with Crippen molar-refractivity contribution in [3.8, 4) is 23.0 Å². The van der Waals surface area contributed by atoms with E-state index in [1.54, 1.807) is 28.4 Å². The molecule has 0 aliphatic carbocycles. The van der Waals surface area contributed by atoms with Gasteiger partial charge >= 0.3 is 0 Å². The Bertz CT molecular complexity index is 875. The van der Waals surface area contributed by atoms with Crippen molar-refractivity contribution in [2.45, 2.75) is 26.7 Å². The summed E-state index contributed by atoms with van der Waals surface area (Å²) in [5.74, 6) is 3.63. The second-order valence-corrected chi connectivity index (χ2v) is 7.00. The van der Waals surface area contributed by atoms with E-state index in [2.05, 4.69) is 36.6 Å². The van der Waals surface area contributed by atoms with E-state index in [9.17, 15) is 0 Å². The van der Waals surface area contributed by atoms with Gasteiger partial charge in [-0.2, -0.15) is 0 Å². The number of aliphatic imine (C=N–C) groups is 1. The van der Waals surface area contributed by atoms with Gasteiger partial charge in [0.1, 0.15) is 5.75 Å². The normalized spacial score (nSPS) is 10.8. The SMILES string of the molecule is CCNC(=NCCc1ccc(OC)c(OC)c1OC)NCCc1cc(C)ccc1OC.I. The molecule has 0 saturated carbocycles. The van der Waals surface area contributed by atoms with Crippen molar-refractivity contribution in [1.82, 2.24) is 10.6 Å². The Kier molecular flexibility index (Phi) is 12.7. The molecule has 2 aromatic rings. The van der Waals surface area contributed by atoms with Crippen molar-refractivity contribution >= 4 is 29.9 Å². The lowest BCUT2D eigenvalue weighted by Crippen LogP contribution is -2.38. The van der Waals surface area contributed by atoms with Crippen LogP contribution in [0, 0.1) is 6.92 Å². The number of aryl methyl sites for hydroxylation is 1. The van der Waals surface area contributed by atoms with E-state index in [-0.39, 0.29) is 24.0 Å². The maximum absolute atomic E-state index is 5.56. The number of rotatable bonds is 11. The molecule has 32 heavy (non-hydrogen) atoms. The Labute approximate surface area is 208 Å². The summed E-state index contributed by atoms with van der Waals surface area (Å²) in [4.78, 5) is 4.71. The van der Waals surface area contributed by atoms with Crippen molar-refractivity contribution in [3.63, 3.8) is 0 Å². The molecule has 0 heterocycles. The van der Waals surface area contributed by atoms with E-state index >= 15 is 0 Å². The first-order valence-corrected chi connectivity index (χ1v) is 10.5. The average molecular weight is 557 g/mol. The summed E-state index contributed by atoms with van der Waals surface area (Å²) in [5, 5.41) is 6.70. The fraction of sp³-hybridized carbons (Fsp3) is 0.458. The van der Waals surface area contributed by atoms with Gasteiger partial charge in [0.15, 0.2) is 17.5 Å². The summed E-state index contributed by atoms with van der Waals surface area (Å²) in [5.41, 5.74) is 3.42. The maximum Gasteiger partial charge on any atom is 0.203 e. The molecule has 2 aromatic carbocycles. The molecular weight excluding hydrogens is 521 g/mol. The Hall–Kier alpha value is -2.36. The van der Waals surface area contributed by atoms with Crippen LogP contribution in [-0.4, -0.2) is 54.0 Å². The largest absolute Gasteiger partial charge is 0.496 e. The third-order valence-electron chi connectivity index (χ3n) is 4.90. The van der Waals surface area contributed by atoms with E-state index < -0.39 is 0 Å². The lowest BCUT2D eigenvalue weighted by atomic mass is 10.1. The smallest absolute Gasteiger partial charge is 0.203 e. The minimum Gasteiger partial charge on any atom is -0.496 e. The highest BCUT2D eigenvalue weighted by molar-refractivity contribution is 14.0. The second kappa shape index (κ2) is 14.7. The van der Waals surface area contributed by atoms with Crippen LogP contribution in [0.5, 0.6) is 23.0 Å². The van der Waals surface area contributed by atoms with Crippen LogP contribution in [0.3, 0.4) is 0 Å². The fourth-order valence-electron chi connectivity index (χ4n) is 3.41. The van der Waals surface area contributed by atoms with Crippen LogP contribution in [0.4, 0.5) is 0 Å². The number of hydrogen-bond acceptors (Lipinski definition) is 5. The van der Waals surface area contributed by atoms with E-state index in [1.807, 2.05) is 18.2 Å². The predicted octanol–water partition coefficient (Wildman–Crippen LogP) is 3.99. The Balaban J connectivity index is 0.00000512. The van der Waals surface area contributed by atoms with E-state index in [0.717, 1.165) is 36.8 Å². The predicted molar refractivity (Wildman–Crippen MR) is 141 cm³/mol. The molecule has 0 radical (unpaired) electrons. The van der Waals surface area contributed by atoms with Gasteiger partial charge in [0.25, 0.3) is 0 Å². The van der Waals surface area contributed by atoms with Gasteiger partial charge in [-0.3, -0.25) is 4.99 Å². The first-order chi connectivity index (χ1) is 15.1. The van der Waals surface area contributed by atoms with Crippen LogP contribution in [0.15, 0.2) is 35.3 Å². The molecule has 0 spiro atoms. The molecule has 8 heteroatoms. The van der Waals surface area contributed by atoms with Gasteiger partial charge in [0.05, 0.1) is 28.4 Å². The van der Waals surface area contributed by atoms with Gasteiger partial charge in [-0.15, -0.1) is 24.0 Å². The Morgan fingerprint density at radius 1 is 0.812 bits per heavy atom. The minimum absolute atomic E-state index is 0. The summed E-state index contributed by atoms with van der Waals surface area (Å²) in [6.45, 7) is 6.29. The number of nitrogens with zero attached hydrogens (tertiary/aromatic N) is 1. The average Bonchev–Trinajstić information content (AvgIpc) is 2.78. The third-order valence-corrected chi connectivity index (χ3v) is 4.90. The number of nitrogens with one attached hydrogen (secondary N) is 2. The number of methoxy groups -OCH3 is 4. The zero-order valence-electron chi connectivity index (χ0n) is 19.9. The van der Waals surface area contributed by atoms with Gasteiger partial charge in [0.2, 0.25) is 5.75 Å². The molecule has 178 valence electrons. The number of benzene rings is 2. The van der Waals surface area contributed by atoms with Crippen LogP contribution in [-0.2, 0) is 12.8 Å². The highest BCUT2D eigenvalue weighted by Crippen LogP contribution is 2.39. The minimum atomic E-state index is 0. The van der Waals surface area contributed by atoms with Crippen molar-refractivity contribution in [1.29, 1.82) is 0 Å². The van der Waals surface area contributed by atoms with Crippen molar-refractivity contribution in [2.75, 3.05) is 48.1 Å². The molecule has 0 unspecified atom stereocenters. The maximum atomic E-state index is 5.56. The zero-order valence-corrected chi connectivity index (χ0v) is 22.2. The molecule has 0 saturated heterocycles. The number of halogens is 1. The molecule has 0 atom stereocenters. The summed E-state index contributed by atoms with van der Waals surface area (Å²) in [6.07, 6.45) is 1.56. The zero-order chi connectivity index (χ0) is 22.6. The first-order valence-electron chi connectivity index (χ1n) is 10.5. The van der Waals surface area contributed by atoms with Gasteiger partial charge in [-0.05, 0) is 44.4 Å². The van der Waals surface area contributed by atoms with Gasteiger partial charge < -0.3 is 29.6 Å². The molecule has 0 aromatic heterocycles. The van der Waals surface area contributed by atoms with Crippen molar-refractivity contribution in [3.05, 3.63) is 47.0 Å². The molecule has 0 amide bonds. The quantitative estimate of drug-likeness (QED) is 0.248. The van der Waals surface area contributed by atoms with Crippen molar-refractivity contribution < 1.29 is 18.9 Å². The van der Waals surface area contributed by atoms with Gasteiger partial charge in [-0.1, -0.05) is 23.8 Å². The molecular formula is C24H36IN3O4. The fourth-order valence-corrected chi connectivity index (χ4v) is 3.41. The summed E-state index contributed by atoms with van der Waals surface area (Å²) in [6, 6.07) is 10.1. The summed E-state index contributed by atoms with van der Waals surface area (Å²) in [7, 11) is 6.56. The standard InChI is InChI=1S/C24H35N3O4.HI/c1-7-25-24(27-15-13-19-16-17(2)8-10-20(19)28-3)26-14-12-18-9-11-21(29-4)23(31-6)22(18)30-5;/h8-11,16H,7,12-15H2,1-6H3,(H2,25,26,27);1H. The topological polar surface area (TPSA) is 73.3 Å². The number of ether oxygens (including phenoxy) is 4. The Morgan fingerprint density at radius 3 is 2.12 bits per heavy atom. The van der Waals surface area contributed by atoms with Crippen LogP contribution in [0.25, 0.3) is 0 Å². The molecule has 0 aliphatic rings. The first kappa shape index (κ1) is 27.7. The van der Waals surface area contributed by atoms with E-state index in [1.165, 1.54) is 11.1 Å². The highest BCUT2D eigenvalue weighted by Gasteiger charge is 2.15. The van der Waals surface area contributed by atoms with E-state index in [0.29, 0.717) is 30.2 Å². The molecule has 2 N–H and O–H groups in total. The number of hydrogen-bond donors (Lipinski definition) is 2. The molecule has 0 fully saturated rings. The highest BCUT2D eigenvalue weighted by atomic mass is 127. The monoisotopic (exact) mass is 557 g/mol.